The fourth-order valence-corrected chi connectivity index (χ4v) is 2.27. The van der Waals surface area contributed by atoms with Gasteiger partial charge in [-0.3, -0.25) is 4.79 Å². The maximum absolute atomic E-state index is 12.3. The van der Waals surface area contributed by atoms with E-state index in [1.807, 2.05) is 24.3 Å². The van der Waals surface area contributed by atoms with E-state index in [1.165, 1.54) is 4.90 Å². The Morgan fingerprint density at radius 3 is 2.37 bits per heavy atom. The second-order valence-corrected chi connectivity index (χ2v) is 6.19. The highest BCUT2D eigenvalue weighted by atomic mass is 16.5. The molecule has 0 spiro atoms. The van der Waals surface area contributed by atoms with Gasteiger partial charge in [0.15, 0.2) is 0 Å². The number of hydrogen-bond donors (Lipinski definition) is 2. The molecular formula is C20H26N2O5. The van der Waals surface area contributed by atoms with E-state index >= 15 is 0 Å². The van der Waals surface area contributed by atoms with Gasteiger partial charge in [-0.25, -0.2) is 0 Å². The first-order chi connectivity index (χ1) is 12.9. The molecule has 0 aliphatic carbocycles. The summed E-state index contributed by atoms with van der Waals surface area (Å²) in [5.74, 6) is 1.47. The molecule has 27 heavy (non-hydrogen) atoms. The van der Waals surface area contributed by atoms with E-state index in [0.717, 1.165) is 11.3 Å². The van der Waals surface area contributed by atoms with Crippen LogP contribution < -0.4 is 19.9 Å². The first-order valence-corrected chi connectivity index (χ1v) is 8.57. The highest BCUT2D eigenvalue weighted by Gasteiger charge is 2.17. The van der Waals surface area contributed by atoms with Crippen LogP contribution in [0.1, 0.15) is 15.9 Å². The second kappa shape index (κ2) is 9.80. The molecule has 0 saturated carbocycles. The van der Waals surface area contributed by atoms with Crippen LogP contribution in [-0.2, 0) is 6.61 Å². The standard InChI is InChI=1S/C20H26N2O5/c1-22(2)20(24)18-9-8-17(10-19(18)27-13-15(23)11-21)26-12-14-4-6-16(25-3)7-5-14/h4-10,15,23H,11-13,21H2,1-3H3/t15-/m1/s1. The topological polar surface area (TPSA) is 94.2 Å². The van der Waals surface area contributed by atoms with E-state index in [2.05, 4.69) is 0 Å². The Hall–Kier alpha value is -2.77. The van der Waals surface area contributed by atoms with Crippen LogP contribution in [0.2, 0.25) is 0 Å². The summed E-state index contributed by atoms with van der Waals surface area (Å²) in [4.78, 5) is 13.8. The summed E-state index contributed by atoms with van der Waals surface area (Å²) in [6.45, 7) is 0.423. The van der Waals surface area contributed by atoms with Gasteiger partial charge in [0.1, 0.15) is 36.6 Å². The zero-order valence-electron chi connectivity index (χ0n) is 15.8. The summed E-state index contributed by atoms with van der Waals surface area (Å²) in [6.07, 6.45) is -0.809. The minimum Gasteiger partial charge on any atom is -0.497 e. The predicted octanol–water partition coefficient (Wildman–Crippen LogP) is 1.67. The van der Waals surface area contributed by atoms with E-state index in [4.69, 9.17) is 19.9 Å². The van der Waals surface area contributed by atoms with Crippen LogP contribution in [0.25, 0.3) is 0 Å². The van der Waals surface area contributed by atoms with Crippen molar-refractivity contribution in [1.29, 1.82) is 0 Å². The molecule has 3 N–H and O–H groups in total. The van der Waals surface area contributed by atoms with Gasteiger partial charge in [-0.1, -0.05) is 12.1 Å². The number of nitrogens with two attached hydrogens (primary N) is 1. The van der Waals surface area contributed by atoms with Crippen molar-refractivity contribution >= 4 is 5.91 Å². The molecule has 0 aromatic heterocycles. The first-order valence-electron chi connectivity index (χ1n) is 8.57. The van der Waals surface area contributed by atoms with E-state index in [0.29, 0.717) is 23.7 Å². The number of nitrogens with zero attached hydrogens (tertiary/aromatic N) is 1. The van der Waals surface area contributed by atoms with Crippen molar-refractivity contribution in [2.75, 3.05) is 34.4 Å². The van der Waals surface area contributed by atoms with Crippen molar-refractivity contribution in [2.45, 2.75) is 12.7 Å². The number of rotatable bonds is 9. The third-order valence-electron chi connectivity index (χ3n) is 3.86. The maximum atomic E-state index is 12.3. The van der Waals surface area contributed by atoms with E-state index in [9.17, 15) is 9.90 Å². The lowest BCUT2D eigenvalue weighted by molar-refractivity contribution is 0.0812. The lowest BCUT2D eigenvalue weighted by Crippen LogP contribution is -2.28. The Morgan fingerprint density at radius 1 is 1.11 bits per heavy atom. The number of methoxy groups -OCH3 is 1. The van der Waals surface area contributed by atoms with E-state index < -0.39 is 6.10 Å². The molecule has 0 aliphatic rings. The number of aliphatic hydroxyl groups excluding tert-OH is 1. The van der Waals surface area contributed by atoms with Crippen LogP contribution in [0.3, 0.4) is 0 Å². The molecule has 2 rings (SSSR count). The number of ether oxygens (including phenoxy) is 3. The highest BCUT2D eigenvalue weighted by molar-refractivity contribution is 5.96. The highest BCUT2D eigenvalue weighted by Crippen LogP contribution is 2.27. The van der Waals surface area contributed by atoms with Crippen LogP contribution in [0.5, 0.6) is 17.2 Å². The van der Waals surface area contributed by atoms with Gasteiger partial charge in [0.05, 0.1) is 12.7 Å². The molecule has 1 amide bonds. The molecule has 2 aromatic rings. The number of carbonyl (C=O) groups is 1. The van der Waals surface area contributed by atoms with Crippen molar-refractivity contribution in [1.82, 2.24) is 4.90 Å². The Labute approximate surface area is 159 Å². The van der Waals surface area contributed by atoms with Gasteiger partial charge < -0.3 is 30.0 Å². The molecule has 2 aromatic carbocycles. The Morgan fingerprint density at radius 2 is 1.78 bits per heavy atom. The van der Waals surface area contributed by atoms with Gasteiger partial charge in [-0.2, -0.15) is 0 Å². The predicted molar refractivity (Wildman–Crippen MR) is 102 cm³/mol. The maximum Gasteiger partial charge on any atom is 0.257 e. The van der Waals surface area contributed by atoms with Gasteiger partial charge >= 0.3 is 0 Å². The minimum absolute atomic E-state index is 0.00780. The SMILES string of the molecule is COc1ccc(COc2ccc(C(=O)N(C)C)c(OC[C@H](O)CN)c2)cc1. The lowest BCUT2D eigenvalue weighted by Gasteiger charge is -2.17. The summed E-state index contributed by atoms with van der Waals surface area (Å²) in [6, 6.07) is 12.6. The Kier molecular flexibility index (Phi) is 7.45. The van der Waals surface area contributed by atoms with Crippen LogP contribution in [0.15, 0.2) is 42.5 Å². The van der Waals surface area contributed by atoms with Crippen molar-refractivity contribution in [3.63, 3.8) is 0 Å². The summed E-state index contributed by atoms with van der Waals surface area (Å²) in [5.41, 5.74) is 6.77. The van der Waals surface area contributed by atoms with E-state index in [-0.39, 0.29) is 19.1 Å². The molecule has 0 saturated heterocycles. The number of hydrogen-bond acceptors (Lipinski definition) is 6. The Balaban J connectivity index is 2.14. The number of benzene rings is 2. The zero-order valence-corrected chi connectivity index (χ0v) is 15.8. The normalized spacial score (nSPS) is 11.6. The molecule has 7 nitrogen and oxygen atoms in total. The Bertz CT molecular complexity index is 747. The van der Waals surface area contributed by atoms with Crippen molar-refractivity contribution < 1.29 is 24.1 Å². The monoisotopic (exact) mass is 374 g/mol. The molecule has 7 heteroatoms. The third kappa shape index (κ3) is 5.87. The average molecular weight is 374 g/mol. The largest absolute Gasteiger partial charge is 0.497 e. The summed E-state index contributed by atoms with van der Waals surface area (Å²) in [5, 5.41) is 9.64. The van der Waals surface area contributed by atoms with Crippen LogP contribution in [-0.4, -0.2) is 56.4 Å². The molecule has 1 atom stereocenters. The molecule has 0 aliphatic heterocycles. The quantitative estimate of drug-likeness (QED) is 0.693. The zero-order chi connectivity index (χ0) is 19.8. The van der Waals surface area contributed by atoms with Crippen molar-refractivity contribution in [3.05, 3.63) is 53.6 Å². The molecular weight excluding hydrogens is 348 g/mol. The first kappa shape index (κ1) is 20.5. The van der Waals surface area contributed by atoms with Crippen molar-refractivity contribution in [2.24, 2.45) is 5.73 Å². The van der Waals surface area contributed by atoms with Crippen molar-refractivity contribution in [3.8, 4) is 17.2 Å². The van der Waals surface area contributed by atoms with Crippen LogP contribution in [0.4, 0.5) is 0 Å². The van der Waals surface area contributed by atoms with Gasteiger partial charge in [0, 0.05) is 26.7 Å². The molecule has 0 heterocycles. The molecule has 146 valence electrons. The fraction of sp³-hybridized carbons (Fsp3) is 0.350. The van der Waals surface area contributed by atoms with Crippen LogP contribution in [0, 0.1) is 0 Å². The fourth-order valence-electron chi connectivity index (χ4n) is 2.27. The molecule has 0 unspecified atom stereocenters. The number of amides is 1. The number of carbonyl (C=O) groups excluding carboxylic acids is 1. The summed E-state index contributed by atoms with van der Waals surface area (Å²) in [7, 11) is 4.94. The smallest absolute Gasteiger partial charge is 0.257 e. The second-order valence-electron chi connectivity index (χ2n) is 6.19. The molecule has 0 fully saturated rings. The van der Waals surface area contributed by atoms with Crippen LogP contribution >= 0.6 is 0 Å². The van der Waals surface area contributed by atoms with Gasteiger partial charge in [-0.05, 0) is 29.8 Å². The van der Waals surface area contributed by atoms with E-state index in [1.54, 1.807) is 39.4 Å². The lowest BCUT2D eigenvalue weighted by atomic mass is 10.1. The van der Waals surface area contributed by atoms with Gasteiger partial charge in [0.2, 0.25) is 0 Å². The van der Waals surface area contributed by atoms with Gasteiger partial charge in [-0.15, -0.1) is 0 Å². The number of aliphatic hydroxyl groups is 1. The summed E-state index contributed by atoms with van der Waals surface area (Å²) < 4.78 is 16.5. The van der Waals surface area contributed by atoms with Gasteiger partial charge in [0.25, 0.3) is 5.91 Å². The third-order valence-corrected chi connectivity index (χ3v) is 3.86. The minimum atomic E-state index is -0.809. The summed E-state index contributed by atoms with van der Waals surface area (Å²) >= 11 is 0. The molecule has 0 bridgehead atoms. The average Bonchev–Trinajstić information content (AvgIpc) is 2.70. The molecule has 0 radical (unpaired) electrons.